The first kappa shape index (κ1) is 23.0. The van der Waals surface area contributed by atoms with Gasteiger partial charge in [-0.3, -0.25) is 0 Å². The molecule has 3 N–H and O–H groups in total. The van der Waals surface area contributed by atoms with E-state index in [1.165, 1.54) is 11.0 Å². The summed E-state index contributed by atoms with van der Waals surface area (Å²) in [5.74, 6) is -0.745. The number of carboxylic acid groups (broad SMARTS) is 1. The number of aliphatic hydroxyl groups is 1. The van der Waals surface area contributed by atoms with E-state index in [2.05, 4.69) is 15.4 Å². The third kappa shape index (κ3) is 5.09. The first-order chi connectivity index (χ1) is 15.9. The van der Waals surface area contributed by atoms with Crippen LogP contribution in [0.4, 0.5) is 0 Å². The largest absolute Gasteiger partial charge is 0.497 e. The van der Waals surface area contributed by atoms with E-state index in [1.807, 2.05) is 36.4 Å². The van der Waals surface area contributed by atoms with Crippen LogP contribution >= 0.6 is 8.46 Å². The van der Waals surface area contributed by atoms with Crippen LogP contribution in [-0.4, -0.2) is 62.7 Å². The average molecular weight is 471 g/mol. The molecule has 172 valence electrons. The molecular weight excluding hydrogens is 447 g/mol. The smallest absolute Gasteiger partial charge is 0.375 e. The van der Waals surface area contributed by atoms with Crippen molar-refractivity contribution in [1.29, 1.82) is 0 Å². The first-order valence-electron chi connectivity index (χ1n) is 10.3. The molecule has 2 aromatic carbocycles. The van der Waals surface area contributed by atoms with Gasteiger partial charge in [0, 0.05) is 6.54 Å². The van der Waals surface area contributed by atoms with Crippen LogP contribution in [0.3, 0.4) is 0 Å². The second kappa shape index (κ2) is 9.76. The van der Waals surface area contributed by atoms with Crippen molar-refractivity contribution >= 4 is 14.4 Å². The van der Waals surface area contributed by atoms with Crippen LogP contribution < -0.4 is 10.1 Å². The van der Waals surface area contributed by atoms with Crippen molar-refractivity contribution < 1.29 is 29.0 Å². The molecule has 2 unspecified atom stereocenters. The van der Waals surface area contributed by atoms with Crippen molar-refractivity contribution in [2.75, 3.05) is 20.3 Å². The van der Waals surface area contributed by atoms with Gasteiger partial charge >= 0.3 is 14.4 Å². The highest BCUT2D eigenvalue weighted by molar-refractivity contribution is 7.25. The predicted octanol–water partition coefficient (Wildman–Crippen LogP) is 1.96. The van der Waals surface area contributed by atoms with Crippen LogP contribution in [0.25, 0.3) is 5.69 Å². The number of carbonyl (C=O) groups is 1. The Morgan fingerprint density at radius 1 is 1.27 bits per heavy atom. The number of rotatable bonds is 8. The fraction of sp³-hybridized carbons (Fsp3) is 0.318. The van der Waals surface area contributed by atoms with Gasteiger partial charge in [-0.05, 0) is 35.4 Å². The van der Waals surface area contributed by atoms with Gasteiger partial charge in [-0.1, -0.05) is 28.8 Å². The predicted molar refractivity (Wildman–Crippen MR) is 119 cm³/mol. The molecule has 0 radical (unpaired) electrons. The molecule has 0 amide bonds. The van der Waals surface area contributed by atoms with Gasteiger partial charge in [0.05, 0.1) is 31.9 Å². The molecule has 1 aromatic heterocycles. The number of ether oxygens (including phenoxy) is 2. The summed E-state index contributed by atoms with van der Waals surface area (Å²) >= 11 is 0. The summed E-state index contributed by atoms with van der Waals surface area (Å²) in [5, 5.41) is 25.8. The Morgan fingerprint density at radius 2 is 2.00 bits per heavy atom. The molecule has 1 aliphatic heterocycles. The van der Waals surface area contributed by atoms with Gasteiger partial charge in [0.2, 0.25) is 0 Å². The topological polar surface area (TPSA) is 136 Å². The van der Waals surface area contributed by atoms with Crippen molar-refractivity contribution in [3.63, 3.8) is 0 Å². The molecule has 4 atom stereocenters. The van der Waals surface area contributed by atoms with E-state index in [-0.39, 0.29) is 18.3 Å². The van der Waals surface area contributed by atoms with Crippen molar-refractivity contribution in [1.82, 2.24) is 20.1 Å². The zero-order valence-electron chi connectivity index (χ0n) is 17.8. The van der Waals surface area contributed by atoms with E-state index < -0.39 is 25.9 Å². The first-order valence-corrected chi connectivity index (χ1v) is 11.2. The molecule has 3 aromatic rings. The number of aromatic carboxylic acids is 1. The second-order valence-electron chi connectivity index (χ2n) is 7.74. The molecular formula is C22H24N4O6P+. The van der Waals surface area contributed by atoms with Gasteiger partial charge in [0.15, 0.2) is 0 Å². The zero-order chi connectivity index (χ0) is 23.4. The quantitative estimate of drug-likeness (QED) is 0.421. The highest BCUT2D eigenvalue weighted by Gasteiger charge is 2.48. The highest BCUT2D eigenvalue weighted by Crippen LogP contribution is 2.33. The van der Waals surface area contributed by atoms with E-state index in [0.29, 0.717) is 24.6 Å². The maximum atomic E-state index is 11.9. The fourth-order valence-corrected chi connectivity index (χ4v) is 4.31. The Kier molecular flexibility index (Phi) is 6.80. The number of methoxy groups -OCH3 is 1. The number of hydrogen-bond acceptors (Lipinski definition) is 8. The lowest BCUT2D eigenvalue weighted by Gasteiger charge is -2.34. The number of morpholine rings is 1. The minimum Gasteiger partial charge on any atom is -0.497 e. The van der Waals surface area contributed by atoms with E-state index >= 15 is 0 Å². The van der Waals surface area contributed by atoms with E-state index in [1.54, 1.807) is 19.2 Å². The van der Waals surface area contributed by atoms with Crippen molar-refractivity contribution in [2.45, 2.75) is 23.9 Å². The van der Waals surface area contributed by atoms with E-state index in [9.17, 15) is 14.5 Å². The Balaban J connectivity index is 1.38. The molecule has 1 fully saturated rings. The summed E-state index contributed by atoms with van der Waals surface area (Å²) in [6.07, 6.45) is 0.912. The molecule has 11 heteroatoms. The van der Waals surface area contributed by atoms with Crippen molar-refractivity contribution in [3.05, 3.63) is 71.8 Å². The summed E-state index contributed by atoms with van der Waals surface area (Å²) in [7, 11) is 0.632. The molecule has 4 rings (SSSR count). The average Bonchev–Trinajstić information content (AvgIpc) is 3.35. The summed E-state index contributed by atoms with van der Waals surface area (Å²) < 4.78 is 24.4. The summed E-state index contributed by atoms with van der Waals surface area (Å²) in [6, 6.07) is 14.5. The number of carboxylic acids is 1. The van der Waals surface area contributed by atoms with Crippen LogP contribution in [0, 0.1) is 0 Å². The summed E-state index contributed by atoms with van der Waals surface area (Å²) in [4.78, 5) is 14.7. The SMILES string of the molecule is COc1ccc(CC(O)([PH+]=O)[C@@H]2CN[C@H](c3ccc(-n4cnc(C(=O)O)n4)cc3)CO2)cc1. The summed E-state index contributed by atoms with van der Waals surface area (Å²) in [6.45, 7) is 0.630. The van der Waals surface area contributed by atoms with Gasteiger partial charge in [-0.15, -0.1) is 5.10 Å². The zero-order valence-corrected chi connectivity index (χ0v) is 18.8. The van der Waals surface area contributed by atoms with Crippen LogP contribution in [0.15, 0.2) is 54.9 Å². The molecule has 0 spiro atoms. The number of nitrogens with one attached hydrogen (secondary N) is 1. The fourth-order valence-electron chi connectivity index (χ4n) is 3.72. The Labute approximate surface area is 191 Å². The number of hydrogen-bond donors (Lipinski definition) is 3. The summed E-state index contributed by atoms with van der Waals surface area (Å²) in [5.41, 5.74) is 2.47. The number of aromatic nitrogens is 3. The van der Waals surface area contributed by atoms with Crippen LogP contribution in [0.2, 0.25) is 0 Å². The van der Waals surface area contributed by atoms with Gasteiger partial charge < -0.3 is 25.0 Å². The standard InChI is InChI=1S/C22H23N4O6P/c1-31-17-8-2-14(3-9-17)10-22(29,33-30)19-11-23-18(12-32-19)15-4-6-16(7-5-15)26-13-24-20(25-26)21(27)28/h2-9,13,18-19,23,29H,10-12H2,1H3,(H,27,28)/p+1/t18-,19-,22?/m0/s1. The minimum absolute atomic E-state index is 0.110. The molecule has 2 heterocycles. The maximum absolute atomic E-state index is 11.9. The second-order valence-corrected chi connectivity index (χ2v) is 8.81. The molecule has 0 bridgehead atoms. The monoisotopic (exact) mass is 471 g/mol. The van der Waals surface area contributed by atoms with Gasteiger partial charge in [0.1, 0.15) is 18.2 Å². The van der Waals surface area contributed by atoms with Crippen LogP contribution in [0.1, 0.15) is 27.8 Å². The lowest BCUT2D eigenvalue weighted by Crippen LogP contribution is -2.52. The van der Waals surface area contributed by atoms with Crippen LogP contribution in [-0.2, 0) is 15.7 Å². The van der Waals surface area contributed by atoms with Crippen molar-refractivity contribution in [2.24, 2.45) is 0 Å². The Bertz CT molecular complexity index is 1110. The Morgan fingerprint density at radius 3 is 2.55 bits per heavy atom. The lowest BCUT2D eigenvalue weighted by molar-refractivity contribution is -0.0853. The number of nitrogens with zero attached hydrogens (tertiary/aromatic N) is 3. The number of benzene rings is 2. The third-order valence-corrected chi connectivity index (χ3v) is 6.45. The molecule has 10 nitrogen and oxygen atoms in total. The maximum Gasteiger partial charge on any atom is 0.375 e. The lowest BCUT2D eigenvalue weighted by atomic mass is 10.00. The molecule has 0 aliphatic carbocycles. The van der Waals surface area contributed by atoms with Gasteiger partial charge in [-0.2, -0.15) is 0 Å². The van der Waals surface area contributed by atoms with E-state index in [4.69, 9.17) is 14.6 Å². The molecule has 0 saturated carbocycles. The minimum atomic E-state index is -1.51. The van der Waals surface area contributed by atoms with Crippen molar-refractivity contribution in [3.8, 4) is 11.4 Å². The van der Waals surface area contributed by atoms with Gasteiger partial charge in [-0.25, -0.2) is 14.5 Å². The van der Waals surface area contributed by atoms with Gasteiger partial charge in [0.25, 0.3) is 11.2 Å². The highest BCUT2D eigenvalue weighted by atomic mass is 31.1. The molecule has 33 heavy (non-hydrogen) atoms. The molecule has 1 aliphatic rings. The normalized spacial score (nSPS) is 20.3. The van der Waals surface area contributed by atoms with E-state index in [0.717, 1.165) is 11.1 Å². The van der Waals surface area contributed by atoms with Crippen LogP contribution in [0.5, 0.6) is 5.75 Å². The Hall–Kier alpha value is -3.17. The third-order valence-electron chi connectivity index (χ3n) is 5.60. The molecule has 1 saturated heterocycles.